The number of para-hydroxylation sites is 1. The van der Waals surface area contributed by atoms with E-state index < -0.39 is 18.1 Å². The van der Waals surface area contributed by atoms with Crippen LogP contribution in [0.2, 0.25) is 0 Å². The van der Waals surface area contributed by atoms with E-state index in [0.29, 0.717) is 6.42 Å². The summed E-state index contributed by atoms with van der Waals surface area (Å²) < 4.78 is 0. The van der Waals surface area contributed by atoms with Gasteiger partial charge in [-0.05, 0) is 37.4 Å². The Kier molecular flexibility index (Phi) is 5.62. The number of carboxylic acids is 1. The Bertz CT molecular complexity index is 736. The summed E-state index contributed by atoms with van der Waals surface area (Å²) in [5.74, 6) is -1.50. The van der Waals surface area contributed by atoms with Crippen LogP contribution >= 0.6 is 0 Å². The van der Waals surface area contributed by atoms with E-state index in [4.69, 9.17) is 0 Å². The van der Waals surface area contributed by atoms with Crippen LogP contribution in [0.3, 0.4) is 0 Å². The molecule has 0 saturated carbocycles. The van der Waals surface area contributed by atoms with E-state index in [9.17, 15) is 14.7 Å². The summed E-state index contributed by atoms with van der Waals surface area (Å²) >= 11 is 0. The number of amides is 1. The SMILES string of the molecule is CN[C@@H](Cc1c[nH]c2c(C)cccc12)C(=O)N[C@H](C(=O)O)C(C)C. The summed E-state index contributed by atoms with van der Waals surface area (Å²) in [6, 6.07) is 4.66. The van der Waals surface area contributed by atoms with Crippen LogP contribution in [0.4, 0.5) is 0 Å². The van der Waals surface area contributed by atoms with Crippen LogP contribution in [0.5, 0.6) is 0 Å². The molecule has 0 aliphatic carbocycles. The zero-order valence-corrected chi connectivity index (χ0v) is 14.5. The number of carboxylic acid groups (broad SMARTS) is 1. The molecule has 0 spiro atoms. The van der Waals surface area contributed by atoms with E-state index >= 15 is 0 Å². The first kappa shape index (κ1) is 18.0. The van der Waals surface area contributed by atoms with E-state index in [1.165, 1.54) is 0 Å². The topological polar surface area (TPSA) is 94.2 Å². The number of aromatic nitrogens is 1. The minimum absolute atomic E-state index is 0.181. The van der Waals surface area contributed by atoms with Crippen molar-refractivity contribution in [2.24, 2.45) is 5.92 Å². The number of hydrogen-bond donors (Lipinski definition) is 4. The second kappa shape index (κ2) is 7.49. The van der Waals surface area contributed by atoms with E-state index in [1.807, 2.05) is 31.3 Å². The standard InChI is InChI=1S/C18H25N3O3/c1-10(2)15(18(23)24)21-17(22)14(19-4)8-12-9-20-16-11(3)6-5-7-13(12)16/h5-7,9-10,14-15,19-20H,8H2,1-4H3,(H,21,22)(H,23,24)/t14-,15-/m0/s1. The van der Waals surface area contributed by atoms with Crippen LogP contribution in [0.25, 0.3) is 10.9 Å². The molecule has 2 rings (SSSR count). The summed E-state index contributed by atoms with van der Waals surface area (Å²) in [5, 5.41) is 15.9. The predicted molar refractivity (Wildman–Crippen MR) is 94.0 cm³/mol. The Morgan fingerprint density at radius 1 is 1.29 bits per heavy atom. The molecule has 1 amide bonds. The van der Waals surface area contributed by atoms with Crippen molar-refractivity contribution in [2.45, 2.75) is 39.3 Å². The molecule has 6 heteroatoms. The largest absolute Gasteiger partial charge is 0.480 e. The van der Waals surface area contributed by atoms with Crippen molar-refractivity contribution >= 4 is 22.8 Å². The normalized spacial score (nSPS) is 13.9. The van der Waals surface area contributed by atoms with Gasteiger partial charge in [0.25, 0.3) is 0 Å². The summed E-state index contributed by atoms with van der Waals surface area (Å²) in [7, 11) is 1.70. The Labute approximate surface area is 141 Å². The number of H-pyrrole nitrogens is 1. The molecule has 0 unspecified atom stereocenters. The van der Waals surface area contributed by atoms with Gasteiger partial charge in [-0.15, -0.1) is 0 Å². The van der Waals surface area contributed by atoms with Crippen molar-refractivity contribution in [3.05, 3.63) is 35.5 Å². The van der Waals surface area contributed by atoms with Gasteiger partial charge in [-0.1, -0.05) is 32.0 Å². The Morgan fingerprint density at radius 2 is 2.00 bits per heavy atom. The third-order valence-electron chi connectivity index (χ3n) is 4.33. The minimum atomic E-state index is -1.02. The first-order valence-electron chi connectivity index (χ1n) is 8.11. The van der Waals surface area contributed by atoms with Gasteiger partial charge in [0.05, 0.1) is 6.04 Å². The molecule has 2 atom stereocenters. The molecule has 2 aromatic rings. The number of hydrogen-bond acceptors (Lipinski definition) is 3. The summed E-state index contributed by atoms with van der Waals surface area (Å²) in [5.41, 5.74) is 3.24. The van der Waals surface area contributed by atoms with Gasteiger partial charge < -0.3 is 20.7 Å². The summed E-state index contributed by atoms with van der Waals surface area (Å²) in [6.45, 7) is 5.58. The van der Waals surface area contributed by atoms with Crippen LogP contribution < -0.4 is 10.6 Å². The number of carbonyl (C=O) groups excluding carboxylic acids is 1. The molecule has 4 N–H and O–H groups in total. The molecule has 0 aliphatic heterocycles. The molecule has 0 radical (unpaired) electrons. The van der Waals surface area contributed by atoms with E-state index in [1.54, 1.807) is 20.9 Å². The van der Waals surface area contributed by atoms with E-state index in [2.05, 4.69) is 15.6 Å². The molecule has 1 aromatic heterocycles. The van der Waals surface area contributed by atoms with Crippen LogP contribution in [0.1, 0.15) is 25.0 Å². The van der Waals surface area contributed by atoms with Crippen LogP contribution in [0.15, 0.2) is 24.4 Å². The Morgan fingerprint density at radius 3 is 2.58 bits per heavy atom. The number of rotatable bonds is 7. The highest BCUT2D eigenvalue weighted by Crippen LogP contribution is 2.22. The van der Waals surface area contributed by atoms with Gasteiger partial charge in [0.2, 0.25) is 5.91 Å². The molecule has 6 nitrogen and oxygen atoms in total. The zero-order valence-electron chi connectivity index (χ0n) is 14.5. The number of fused-ring (bicyclic) bond motifs is 1. The maximum Gasteiger partial charge on any atom is 0.326 e. The number of likely N-dealkylation sites (N-methyl/N-ethyl adjacent to an activating group) is 1. The third-order valence-corrected chi connectivity index (χ3v) is 4.33. The van der Waals surface area contributed by atoms with E-state index in [0.717, 1.165) is 22.0 Å². The van der Waals surface area contributed by atoms with Crippen molar-refractivity contribution in [2.75, 3.05) is 7.05 Å². The number of aromatic amines is 1. The highest BCUT2D eigenvalue weighted by molar-refractivity contribution is 5.89. The van der Waals surface area contributed by atoms with Crippen LogP contribution in [-0.4, -0.2) is 41.1 Å². The molecule has 130 valence electrons. The summed E-state index contributed by atoms with van der Waals surface area (Å²) in [6.07, 6.45) is 2.39. The maximum atomic E-state index is 12.5. The second-order valence-electron chi connectivity index (χ2n) is 6.43. The number of carbonyl (C=O) groups is 2. The highest BCUT2D eigenvalue weighted by atomic mass is 16.4. The van der Waals surface area contributed by atoms with Gasteiger partial charge in [0, 0.05) is 17.1 Å². The molecule has 1 heterocycles. The van der Waals surface area contributed by atoms with Crippen molar-refractivity contribution < 1.29 is 14.7 Å². The lowest BCUT2D eigenvalue weighted by Crippen LogP contribution is -2.52. The molecule has 1 aromatic carbocycles. The monoisotopic (exact) mass is 331 g/mol. The lowest BCUT2D eigenvalue weighted by molar-refractivity contribution is -0.143. The minimum Gasteiger partial charge on any atom is -0.480 e. The van der Waals surface area contributed by atoms with Gasteiger partial charge in [-0.2, -0.15) is 0 Å². The molecule has 0 aliphatic rings. The molecular weight excluding hydrogens is 306 g/mol. The van der Waals surface area contributed by atoms with Gasteiger partial charge in [-0.25, -0.2) is 4.79 Å². The molecule has 0 saturated heterocycles. The first-order valence-corrected chi connectivity index (χ1v) is 8.11. The number of aliphatic carboxylic acids is 1. The van der Waals surface area contributed by atoms with E-state index in [-0.39, 0.29) is 11.8 Å². The average Bonchev–Trinajstić information content (AvgIpc) is 2.93. The quantitative estimate of drug-likeness (QED) is 0.623. The smallest absolute Gasteiger partial charge is 0.326 e. The fourth-order valence-corrected chi connectivity index (χ4v) is 2.85. The molecule has 0 bridgehead atoms. The zero-order chi connectivity index (χ0) is 17.9. The third kappa shape index (κ3) is 3.76. The fraction of sp³-hybridized carbons (Fsp3) is 0.444. The van der Waals surface area contributed by atoms with Crippen LogP contribution in [-0.2, 0) is 16.0 Å². The van der Waals surface area contributed by atoms with Gasteiger partial charge in [-0.3, -0.25) is 4.79 Å². The lowest BCUT2D eigenvalue weighted by atomic mass is 10.0. The highest BCUT2D eigenvalue weighted by Gasteiger charge is 2.27. The lowest BCUT2D eigenvalue weighted by Gasteiger charge is -2.22. The van der Waals surface area contributed by atoms with Crippen molar-refractivity contribution in [1.82, 2.24) is 15.6 Å². The Hall–Kier alpha value is -2.34. The van der Waals surface area contributed by atoms with Crippen molar-refractivity contribution in [3.63, 3.8) is 0 Å². The van der Waals surface area contributed by atoms with Crippen molar-refractivity contribution in [3.8, 4) is 0 Å². The predicted octanol–water partition coefficient (Wildman–Crippen LogP) is 1.83. The average molecular weight is 331 g/mol. The molecule has 0 fully saturated rings. The summed E-state index contributed by atoms with van der Waals surface area (Å²) in [4.78, 5) is 27.0. The fourth-order valence-electron chi connectivity index (χ4n) is 2.85. The number of nitrogens with one attached hydrogen (secondary N) is 3. The maximum absolute atomic E-state index is 12.5. The molecule has 24 heavy (non-hydrogen) atoms. The van der Waals surface area contributed by atoms with Gasteiger partial charge >= 0.3 is 5.97 Å². The molecular formula is C18H25N3O3. The second-order valence-corrected chi connectivity index (χ2v) is 6.43. The van der Waals surface area contributed by atoms with Crippen LogP contribution in [0, 0.1) is 12.8 Å². The number of aryl methyl sites for hydroxylation is 1. The Balaban J connectivity index is 2.17. The first-order chi connectivity index (χ1) is 11.3. The van der Waals surface area contributed by atoms with Crippen molar-refractivity contribution in [1.29, 1.82) is 0 Å². The van der Waals surface area contributed by atoms with Gasteiger partial charge in [0.15, 0.2) is 0 Å². The number of benzene rings is 1. The van der Waals surface area contributed by atoms with Gasteiger partial charge in [0.1, 0.15) is 6.04 Å².